The van der Waals surface area contributed by atoms with E-state index in [0.717, 1.165) is 50.1 Å². The maximum atomic E-state index is 12.6. The second-order valence-corrected chi connectivity index (χ2v) is 8.74. The predicted molar refractivity (Wildman–Crippen MR) is 98.0 cm³/mol. The molecule has 0 unspecified atom stereocenters. The highest BCUT2D eigenvalue weighted by Crippen LogP contribution is 2.25. The quantitative estimate of drug-likeness (QED) is 0.836. The molecule has 2 aliphatic rings. The Labute approximate surface area is 150 Å². The topological polar surface area (TPSA) is 78.5 Å². The number of hydrogen-bond donors (Lipinski definition) is 2. The van der Waals surface area contributed by atoms with Gasteiger partial charge in [0.05, 0.1) is 4.90 Å². The van der Waals surface area contributed by atoms with Gasteiger partial charge in [-0.2, -0.15) is 0 Å². The first-order chi connectivity index (χ1) is 12.0. The first kappa shape index (κ1) is 18.4. The summed E-state index contributed by atoms with van der Waals surface area (Å²) in [5.74, 6) is 0.355. The van der Waals surface area contributed by atoms with Crippen LogP contribution < -0.4 is 10.0 Å². The van der Waals surface area contributed by atoms with Crippen LogP contribution in [0.15, 0.2) is 23.1 Å². The molecule has 7 heteroatoms. The third-order valence-corrected chi connectivity index (χ3v) is 6.54. The van der Waals surface area contributed by atoms with Gasteiger partial charge in [-0.15, -0.1) is 0 Å². The number of amides is 1. The fourth-order valence-corrected chi connectivity index (χ4v) is 4.80. The average Bonchev–Trinajstić information content (AvgIpc) is 2.80. The Morgan fingerprint density at radius 2 is 2.12 bits per heavy atom. The number of benzene rings is 1. The number of anilines is 1. The number of likely N-dealkylation sites (tertiary alicyclic amines) is 1. The van der Waals surface area contributed by atoms with Gasteiger partial charge in [-0.05, 0) is 68.5 Å². The molecule has 2 N–H and O–H groups in total. The van der Waals surface area contributed by atoms with Crippen molar-refractivity contribution in [1.29, 1.82) is 0 Å². The molecule has 0 spiro atoms. The third-order valence-electron chi connectivity index (χ3n) is 5.12. The molecule has 1 aromatic rings. The van der Waals surface area contributed by atoms with Gasteiger partial charge in [-0.25, -0.2) is 13.1 Å². The van der Waals surface area contributed by atoms with Crippen LogP contribution in [0.1, 0.15) is 38.2 Å². The minimum Gasteiger partial charge on any atom is -0.326 e. The minimum absolute atomic E-state index is 0.00902. The molecule has 3 rings (SSSR count). The largest absolute Gasteiger partial charge is 0.326 e. The highest BCUT2D eigenvalue weighted by atomic mass is 32.2. The van der Waals surface area contributed by atoms with Crippen LogP contribution in [0.4, 0.5) is 5.69 Å². The third kappa shape index (κ3) is 4.59. The molecule has 1 fully saturated rings. The van der Waals surface area contributed by atoms with E-state index in [1.54, 1.807) is 18.2 Å². The van der Waals surface area contributed by atoms with Gasteiger partial charge in [0.1, 0.15) is 0 Å². The van der Waals surface area contributed by atoms with Crippen LogP contribution in [0.5, 0.6) is 0 Å². The molecule has 1 aromatic carbocycles. The summed E-state index contributed by atoms with van der Waals surface area (Å²) in [6.45, 7) is 5.69. The maximum Gasteiger partial charge on any atom is 0.240 e. The van der Waals surface area contributed by atoms with Crippen molar-refractivity contribution in [1.82, 2.24) is 9.62 Å². The standard InChI is InChI=1S/C18H27N3O3S/c1-2-21-10-4-5-14(13-21)12-19-25(23,24)16-8-9-17-15(11-16)6-3-7-18(22)20-17/h8-9,11,14,19H,2-7,10,12-13H2,1H3,(H,20,22)/t14-/m1/s1. The summed E-state index contributed by atoms with van der Waals surface area (Å²) >= 11 is 0. The Hall–Kier alpha value is -1.44. The van der Waals surface area contributed by atoms with Gasteiger partial charge >= 0.3 is 0 Å². The second kappa shape index (κ2) is 7.85. The van der Waals surface area contributed by atoms with Gasteiger partial charge in [0, 0.05) is 25.2 Å². The molecule has 2 aliphatic heterocycles. The minimum atomic E-state index is -3.52. The predicted octanol–water partition coefficient (Wildman–Crippen LogP) is 1.97. The van der Waals surface area contributed by atoms with Crippen LogP contribution in [0.2, 0.25) is 0 Å². The average molecular weight is 365 g/mol. The molecule has 2 heterocycles. The van der Waals surface area contributed by atoms with Crippen LogP contribution >= 0.6 is 0 Å². The Morgan fingerprint density at radius 3 is 2.92 bits per heavy atom. The van der Waals surface area contributed by atoms with Crippen molar-refractivity contribution in [3.8, 4) is 0 Å². The van der Waals surface area contributed by atoms with Crippen molar-refractivity contribution in [3.63, 3.8) is 0 Å². The Kier molecular flexibility index (Phi) is 5.76. The van der Waals surface area contributed by atoms with Gasteiger partial charge in [-0.3, -0.25) is 4.79 Å². The monoisotopic (exact) mass is 365 g/mol. The maximum absolute atomic E-state index is 12.6. The lowest BCUT2D eigenvalue weighted by atomic mass is 9.98. The molecule has 25 heavy (non-hydrogen) atoms. The summed E-state index contributed by atoms with van der Waals surface area (Å²) in [4.78, 5) is 14.3. The fourth-order valence-electron chi connectivity index (χ4n) is 3.63. The molecule has 0 radical (unpaired) electrons. The lowest BCUT2D eigenvalue weighted by Gasteiger charge is -2.31. The molecule has 0 aromatic heterocycles. The molecular weight excluding hydrogens is 338 g/mol. The molecule has 0 aliphatic carbocycles. The Morgan fingerprint density at radius 1 is 1.28 bits per heavy atom. The van der Waals surface area contributed by atoms with Gasteiger partial charge in [0.2, 0.25) is 15.9 Å². The summed E-state index contributed by atoms with van der Waals surface area (Å²) in [6, 6.07) is 4.97. The van der Waals surface area contributed by atoms with Crippen LogP contribution in [0, 0.1) is 5.92 Å². The van der Waals surface area contributed by atoms with Gasteiger partial charge < -0.3 is 10.2 Å². The molecule has 0 bridgehead atoms. The second-order valence-electron chi connectivity index (χ2n) is 6.97. The van der Waals surface area contributed by atoms with E-state index in [1.807, 2.05) is 0 Å². The molecule has 1 atom stereocenters. The summed E-state index contributed by atoms with van der Waals surface area (Å²) < 4.78 is 28.1. The Balaban J connectivity index is 1.68. The number of sulfonamides is 1. The van der Waals surface area contributed by atoms with Gasteiger partial charge in [-0.1, -0.05) is 6.92 Å². The van der Waals surface area contributed by atoms with E-state index >= 15 is 0 Å². The number of carbonyl (C=O) groups is 1. The van der Waals surface area contributed by atoms with Crippen molar-refractivity contribution >= 4 is 21.6 Å². The fraction of sp³-hybridized carbons (Fsp3) is 0.611. The van der Waals surface area contributed by atoms with E-state index in [2.05, 4.69) is 21.9 Å². The normalized spacial score (nSPS) is 22.1. The first-order valence-electron chi connectivity index (χ1n) is 9.12. The van der Waals surface area contributed by atoms with Crippen molar-refractivity contribution in [2.24, 2.45) is 5.92 Å². The van der Waals surface area contributed by atoms with Crippen molar-refractivity contribution in [2.75, 3.05) is 31.5 Å². The number of fused-ring (bicyclic) bond motifs is 1. The van der Waals surface area contributed by atoms with Crippen molar-refractivity contribution in [3.05, 3.63) is 23.8 Å². The number of aryl methyl sites for hydroxylation is 1. The first-order valence-corrected chi connectivity index (χ1v) is 10.6. The number of hydrogen-bond acceptors (Lipinski definition) is 4. The highest BCUT2D eigenvalue weighted by Gasteiger charge is 2.23. The SMILES string of the molecule is CCN1CCC[C@H](CNS(=O)(=O)c2ccc3c(c2)CCCC(=O)N3)C1. The summed E-state index contributed by atoms with van der Waals surface area (Å²) in [5.41, 5.74) is 1.62. The number of nitrogens with one attached hydrogen (secondary N) is 2. The van der Waals surface area contributed by atoms with E-state index in [9.17, 15) is 13.2 Å². The summed E-state index contributed by atoms with van der Waals surface area (Å²) in [6.07, 6.45) is 4.12. The van der Waals surface area contributed by atoms with E-state index in [1.165, 1.54) is 0 Å². The van der Waals surface area contributed by atoms with Crippen molar-refractivity contribution in [2.45, 2.75) is 43.9 Å². The zero-order valence-corrected chi connectivity index (χ0v) is 15.6. The van der Waals surface area contributed by atoms with Gasteiger partial charge in [0.15, 0.2) is 0 Å². The zero-order chi connectivity index (χ0) is 17.9. The molecule has 0 saturated carbocycles. The summed E-state index contributed by atoms with van der Waals surface area (Å²) in [7, 11) is -3.52. The smallest absolute Gasteiger partial charge is 0.240 e. The van der Waals surface area contributed by atoms with Crippen LogP contribution in [-0.2, 0) is 21.2 Å². The molecule has 6 nitrogen and oxygen atoms in total. The number of nitrogens with zero attached hydrogens (tertiary/aromatic N) is 1. The van der Waals surface area contributed by atoms with E-state index in [-0.39, 0.29) is 10.8 Å². The number of piperidine rings is 1. The number of carbonyl (C=O) groups excluding carboxylic acids is 1. The van der Waals surface area contributed by atoms with E-state index < -0.39 is 10.0 Å². The molecule has 138 valence electrons. The van der Waals surface area contributed by atoms with Gasteiger partial charge in [0.25, 0.3) is 0 Å². The van der Waals surface area contributed by atoms with Crippen molar-refractivity contribution < 1.29 is 13.2 Å². The molecular formula is C18H27N3O3S. The zero-order valence-electron chi connectivity index (χ0n) is 14.8. The molecule has 1 saturated heterocycles. The number of rotatable bonds is 5. The summed E-state index contributed by atoms with van der Waals surface area (Å²) in [5, 5.41) is 2.84. The van der Waals surface area contributed by atoms with E-state index in [0.29, 0.717) is 25.3 Å². The van der Waals surface area contributed by atoms with E-state index in [4.69, 9.17) is 0 Å². The lowest BCUT2D eigenvalue weighted by Crippen LogP contribution is -2.40. The lowest BCUT2D eigenvalue weighted by molar-refractivity contribution is -0.116. The Bertz CT molecular complexity index is 733. The van der Waals surface area contributed by atoms with Crippen LogP contribution in [-0.4, -0.2) is 45.4 Å². The highest BCUT2D eigenvalue weighted by molar-refractivity contribution is 7.89. The van der Waals surface area contributed by atoms with Crippen LogP contribution in [0.25, 0.3) is 0 Å². The molecule has 1 amide bonds. The van der Waals surface area contributed by atoms with Crippen LogP contribution in [0.3, 0.4) is 0 Å².